The van der Waals surface area contributed by atoms with Crippen molar-refractivity contribution in [2.24, 2.45) is 5.73 Å². The van der Waals surface area contributed by atoms with Crippen LogP contribution in [0.2, 0.25) is 0 Å². The van der Waals surface area contributed by atoms with Crippen molar-refractivity contribution in [2.75, 3.05) is 23.3 Å². The molecule has 160 valence electrons. The number of pyridine rings is 1. The van der Waals surface area contributed by atoms with Crippen LogP contribution in [0.15, 0.2) is 36.7 Å². The molecule has 3 aromatic rings. The fraction of sp³-hybridized carbons (Fsp3) is 0.364. The number of carbonyl (C=O) groups is 1. The van der Waals surface area contributed by atoms with Gasteiger partial charge < -0.3 is 16.0 Å². The van der Waals surface area contributed by atoms with Gasteiger partial charge in [-0.15, -0.1) is 5.10 Å². The van der Waals surface area contributed by atoms with Gasteiger partial charge in [-0.2, -0.15) is 5.10 Å². The van der Waals surface area contributed by atoms with E-state index in [1.54, 1.807) is 12.4 Å². The third kappa shape index (κ3) is 5.11. The molecule has 1 aliphatic rings. The van der Waals surface area contributed by atoms with Crippen LogP contribution < -0.4 is 16.0 Å². The quantitative estimate of drug-likeness (QED) is 0.623. The first-order valence-corrected chi connectivity index (χ1v) is 10.4. The minimum absolute atomic E-state index is 0.226. The van der Waals surface area contributed by atoms with E-state index in [1.807, 2.05) is 38.1 Å². The Hall–Kier alpha value is -3.62. The zero-order valence-electron chi connectivity index (χ0n) is 17.7. The van der Waals surface area contributed by atoms with Crippen molar-refractivity contribution in [2.45, 2.75) is 39.2 Å². The molecule has 1 fully saturated rings. The van der Waals surface area contributed by atoms with Crippen molar-refractivity contribution in [3.05, 3.63) is 65.1 Å². The van der Waals surface area contributed by atoms with Crippen molar-refractivity contribution in [3.8, 4) is 0 Å². The normalized spacial score (nSPS) is 14.5. The second-order valence-corrected chi connectivity index (χ2v) is 7.80. The molecule has 0 unspecified atom stereocenters. The monoisotopic (exact) mass is 418 g/mol. The van der Waals surface area contributed by atoms with E-state index in [1.165, 1.54) is 0 Å². The summed E-state index contributed by atoms with van der Waals surface area (Å²) < 4.78 is 0. The van der Waals surface area contributed by atoms with Crippen LogP contribution in [-0.2, 0) is 6.42 Å². The lowest BCUT2D eigenvalue weighted by atomic mass is 10.0. The molecule has 0 aromatic carbocycles. The highest BCUT2D eigenvalue weighted by Gasteiger charge is 2.22. The van der Waals surface area contributed by atoms with Crippen LogP contribution in [0.5, 0.6) is 0 Å². The average molecular weight is 419 g/mol. The van der Waals surface area contributed by atoms with Crippen molar-refractivity contribution >= 4 is 17.4 Å². The minimum atomic E-state index is -0.494. The lowest BCUT2D eigenvalue weighted by Crippen LogP contribution is -2.40. The van der Waals surface area contributed by atoms with Crippen LogP contribution in [0.4, 0.5) is 11.5 Å². The zero-order valence-corrected chi connectivity index (χ0v) is 17.7. The summed E-state index contributed by atoms with van der Waals surface area (Å²) in [6.45, 7) is 5.51. The smallest absolute Gasteiger partial charge is 0.252 e. The van der Waals surface area contributed by atoms with Crippen LogP contribution in [0.1, 0.15) is 46.1 Å². The van der Waals surface area contributed by atoms with Crippen LogP contribution in [0.3, 0.4) is 0 Å². The summed E-state index contributed by atoms with van der Waals surface area (Å²) in [5.74, 6) is 1.12. The van der Waals surface area contributed by atoms with Gasteiger partial charge in [-0.3, -0.25) is 9.78 Å². The fourth-order valence-electron chi connectivity index (χ4n) is 3.73. The molecule has 0 aliphatic carbocycles. The van der Waals surface area contributed by atoms with E-state index in [2.05, 4.69) is 35.4 Å². The number of carbonyl (C=O) groups excluding carboxylic acids is 1. The number of hydrogen-bond donors (Lipinski definition) is 2. The predicted molar refractivity (Wildman–Crippen MR) is 118 cm³/mol. The van der Waals surface area contributed by atoms with Crippen LogP contribution in [0, 0.1) is 13.8 Å². The molecule has 3 aromatic heterocycles. The van der Waals surface area contributed by atoms with Crippen molar-refractivity contribution in [3.63, 3.8) is 0 Å². The third-order valence-electron chi connectivity index (χ3n) is 5.38. The van der Waals surface area contributed by atoms with E-state index in [9.17, 15) is 4.79 Å². The standard InChI is InChI=1S/C22H26N8O/c1-14-3-4-21(29-28-14)30-9-6-16(7-10-30)27-20-12-18(25-13-19(20)22(23)31)11-17-5-8-24-15(2)26-17/h3-5,8,12-13,16H,6-7,9-11H2,1-2H3,(H2,23,31)(H,25,27). The number of anilines is 2. The van der Waals surface area contributed by atoms with Gasteiger partial charge in [0, 0.05) is 43.6 Å². The molecule has 1 aliphatic heterocycles. The van der Waals surface area contributed by atoms with Crippen LogP contribution in [-0.4, -0.2) is 50.2 Å². The first kappa shape index (κ1) is 20.6. The summed E-state index contributed by atoms with van der Waals surface area (Å²) >= 11 is 0. The number of nitrogens with two attached hydrogens (primary N) is 1. The fourth-order valence-corrected chi connectivity index (χ4v) is 3.73. The summed E-state index contributed by atoms with van der Waals surface area (Å²) in [7, 11) is 0. The van der Waals surface area contributed by atoms with E-state index in [4.69, 9.17) is 5.73 Å². The van der Waals surface area contributed by atoms with Crippen LogP contribution >= 0.6 is 0 Å². The van der Waals surface area contributed by atoms with E-state index in [0.717, 1.165) is 60.3 Å². The highest BCUT2D eigenvalue weighted by molar-refractivity contribution is 5.98. The summed E-state index contributed by atoms with van der Waals surface area (Å²) in [5, 5.41) is 11.9. The summed E-state index contributed by atoms with van der Waals surface area (Å²) in [6, 6.07) is 7.97. The minimum Gasteiger partial charge on any atom is -0.381 e. The Morgan fingerprint density at radius 2 is 1.94 bits per heavy atom. The number of nitrogens with one attached hydrogen (secondary N) is 1. The second kappa shape index (κ2) is 9.03. The van der Waals surface area contributed by atoms with Crippen molar-refractivity contribution < 1.29 is 4.79 Å². The second-order valence-electron chi connectivity index (χ2n) is 7.80. The molecule has 4 rings (SSSR count). The Balaban J connectivity index is 1.45. The van der Waals surface area contributed by atoms with E-state index in [0.29, 0.717) is 12.0 Å². The molecule has 4 heterocycles. The summed E-state index contributed by atoms with van der Waals surface area (Å²) in [4.78, 5) is 27.1. The molecule has 1 saturated heterocycles. The van der Waals surface area contributed by atoms with Gasteiger partial charge in [-0.25, -0.2) is 9.97 Å². The zero-order chi connectivity index (χ0) is 21.8. The van der Waals surface area contributed by atoms with E-state index < -0.39 is 5.91 Å². The molecule has 0 radical (unpaired) electrons. The van der Waals surface area contributed by atoms with Gasteiger partial charge in [0.25, 0.3) is 5.91 Å². The summed E-state index contributed by atoms with van der Waals surface area (Å²) in [6.07, 6.45) is 5.67. The molecular weight excluding hydrogens is 392 g/mol. The maximum absolute atomic E-state index is 11.9. The van der Waals surface area contributed by atoms with Gasteiger partial charge in [-0.1, -0.05) is 0 Å². The topological polar surface area (TPSA) is 123 Å². The number of piperidine rings is 1. The molecule has 0 atom stereocenters. The van der Waals surface area contributed by atoms with E-state index >= 15 is 0 Å². The van der Waals surface area contributed by atoms with Gasteiger partial charge in [0.15, 0.2) is 5.82 Å². The molecule has 3 N–H and O–H groups in total. The van der Waals surface area contributed by atoms with Crippen molar-refractivity contribution in [1.82, 2.24) is 25.1 Å². The lowest BCUT2D eigenvalue weighted by Gasteiger charge is -2.33. The van der Waals surface area contributed by atoms with Gasteiger partial charge in [-0.05, 0) is 51.0 Å². The molecule has 31 heavy (non-hydrogen) atoms. The Kier molecular flexibility index (Phi) is 6.01. The number of primary amides is 1. The van der Waals surface area contributed by atoms with E-state index in [-0.39, 0.29) is 6.04 Å². The van der Waals surface area contributed by atoms with Crippen molar-refractivity contribution in [1.29, 1.82) is 0 Å². The maximum atomic E-state index is 11.9. The molecule has 0 bridgehead atoms. The van der Waals surface area contributed by atoms with Crippen LogP contribution in [0.25, 0.3) is 0 Å². The molecular formula is C22H26N8O. The number of aromatic nitrogens is 5. The molecule has 0 saturated carbocycles. The van der Waals surface area contributed by atoms with Gasteiger partial charge in [0.1, 0.15) is 5.82 Å². The first-order valence-electron chi connectivity index (χ1n) is 10.4. The van der Waals surface area contributed by atoms with Gasteiger partial charge >= 0.3 is 0 Å². The predicted octanol–water partition coefficient (Wildman–Crippen LogP) is 2.05. The Morgan fingerprint density at radius 1 is 1.13 bits per heavy atom. The Bertz CT molecular complexity index is 1060. The largest absolute Gasteiger partial charge is 0.381 e. The average Bonchev–Trinajstić information content (AvgIpc) is 2.75. The maximum Gasteiger partial charge on any atom is 0.252 e. The number of amides is 1. The molecule has 9 heteroatoms. The SMILES string of the molecule is Cc1ccc(N2CCC(Nc3cc(Cc4ccnc(C)n4)ncc3C(N)=O)CC2)nn1. The number of aryl methyl sites for hydroxylation is 2. The Morgan fingerprint density at radius 3 is 2.61 bits per heavy atom. The third-order valence-corrected chi connectivity index (χ3v) is 5.38. The van der Waals surface area contributed by atoms with Gasteiger partial charge in [0.2, 0.25) is 0 Å². The first-order chi connectivity index (χ1) is 15.0. The number of nitrogens with zero attached hydrogens (tertiary/aromatic N) is 6. The highest BCUT2D eigenvalue weighted by Crippen LogP contribution is 2.23. The lowest BCUT2D eigenvalue weighted by molar-refractivity contribution is 0.100. The Labute approximate surface area is 181 Å². The number of rotatable bonds is 6. The molecule has 9 nitrogen and oxygen atoms in total. The number of hydrogen-bond acceptors (Lipinski definition) is 8. The molecule has 1 amide bonds. The molecule has 0 spiro atoms. The highest BCUT2D eigenvalue weighted by atomic mass is 16.1. The van der Waals surface area contributed by atoms with Gasteiger partial charge in [0.05, 0.1) is 22.6 Å². The summed E-state index contributed by atoms with van der Waals surface area (Å²) in [5.41, 5.74) is 9.31.